The van der Waals surface area contributed by atoms with Gasteiger partial charge in [0.15, 0.2) is 0 Å². The van der Waals surface area contributed by atoms with E-state index in [9.17, 15) is 105 Å². The Morgan fingerprint density at radius 3 is 0.727 bits per heavy atom. The van der Waals surface area contributed by atoms with Gasteiger partial charge in [0.1, 0.15) is 11.5 Å². The molecular formula is C38H16F24N2O2. The van der Waals surface area contributed by atoms with Crippen LogP contribution in [0.25, 0.3) is 44.5 Å². The average molecular weight is 989 g/mol. The smallest absolute Gasteiger partial charge is 0.405 e. The number of rotatable bonds is 6. The van der Waals surface area contributed by atoms with E-state index in [2.05, 4.69) is 9.47 Å². The number of hydrogen-bond acceptors (Lipinski definition) is 4. The second kappa shape index (κ2) is 16.2. The third-order valence-corrected chi connectivity index (χ3v) is 8.93. The lowest BCUT2D eigenvalue weighted by Gasteiger charge is -2.26. The van der Waals surface area contributed by atoms with Crippen LogP contribution in [0.1, 0.15) is 33.4 Å². The number of ether oxygens (including phenoxy) is 2. The van der Waals surface area contributed by atoms with Gasteiger partial charge < -0.3 is 20.9 Å². The van der Waals surface area contributed by atoms with Crippen molar-refractivity contribution in [2.24, 2.45) is 0 Å². The summed E-state index contributed by atoms with van der Waals surface area (Å²) < 4.78 is 351. The first-order valence-electron chi connectivity index (χ1n) is 16.9. The Morgan fingerprint density at radius 2 is 0.485 bits per heavy atom. The zero-order chi connectivity index (χ0) is 50.3. The van der Waals surface area contributed by atoms with E-state index in [1.54, 1.807) is 0 Å². The minimum atomic E-state index is -6.33. The fourth-order valence-corrected chi connectivity index (χ4v) is 6.49. The van der Waals surface area contributed by atoms with Gasteiger partial charge in [-0.3, -0.25) is 0 Å². The summed E-state index contributed by atoms with van der Waals surface area (Å²) in [5.74, 6) is -4.91. The fourth-order valence-electron chi connectivity index (χ4n) is 6.49. The molecule has 0 heterocycles. The maximum absolute atomic E-state index is 14.8. The van der Waals surface area contributed by atoms with Gasteiger partial charge in [-0.2, -0.15) is 79.0 Å². The quantitative estimate of drug-likeness (QED) is 0.131. The molecule has 5 rings (SSSR count). The highest BCUT2D eigenvalue weighted by atomic mass is 19.4. The van der Waals surface area contributed by atoms with Crippen LogP contribution in [0.4, 0.5) is 117 Å². The summed E-state index contributed by atoms with van der Waals surface area (Å²) in [5, 5.41) is 0. The van der Waals surface area contributed by atoms with Crippen LogP contribution >= 0.6 is 0 Å². The van der Waals surface area contributed by atoms with Crippen molar-refractivity contribution in [2.75, 3.05) is 11.5 Å². The van der Waals surface area contributed by atoms with Crippen LogP contribution < -0.4 is 20.9 Å². The second-order valence-electron chi connectivity index (χ2n) is 13.4. The van der Waals surface area contributed by atoms with Crippen LogP contribution in [-0.4, -0.2) is 12.7 Å². The standard InChI is InChI=1S/C38H16F24N2O2/c39-31(40,41)23-3-1-13(63)5-15(23)17-7-19(27(35(51,52)53)10-25(17)33(45,46)47)21-9-22(30(66-38(60,61)62)12-29(21)65-37(57,58)59)20-8-18(16-6-14(64)2-4-24(16)32(42,43)44)26(34(48,49)50)11-28(20)36(54,55)56/h1-12H,63-64H2. The average Bonchev–Trinajstić information content (AvgIpc) is 3.10. The maximum Gasteiger partial charge on any atom is 0.573 e. The topological polar surface area (TPSA) is 70.5 Å². The molecule has 358 valence electrons. The first-order valence-corrected chi connectivity index (χ1v) is 16.9. The van der Waals surface area contributed by atoms with Gasteiger partial charge in [0.05, 0.1) is 33.4 Å². The van der Waals surface area contributed by atoms with E-state index in [0.29, 0.717) is 12.1 Å². The molecule has 0 bridgehead atoms. The molecule has 0 amide bonds. The highest BCUT2D eigenvalue weighted by Crippen LogP contribution is 2.55. The normalized spacial score (nSPS) is 13.6. The molecule has 0 aliphatic carbocycles. The molecule has 5 aromatic rings. The Labute approximate surface area is 349 Å². The van der Waals surface area contributed by atoms with Crippen LogP contribution in [0.15, 0.2) is 72.8 Å². The van der Waals surface area contributed by atoms with Crippen LogP contribution in [-0.2, 0) is 37.1 Å². The molecule has 0 aliphatic heterocycles. The molecule has 4 nitrogen and oxygen atoms in total. The molecular weight excluding hydrogens is 972 g/mol. The lowest BCUT2D eigenvalue weighted by molar-refractivity contribution is -0.276. The third kappa shape index (κ3) is 11.0. The molecule has 0 spiro atoms. The first-order chi connectivity index (χ1) is 29.6. The van der Waals surface area contributed by atoms with Gasteiger partial charge in [-0.05, 0) is 100 Å². The van der Waals surface area contributed by atoms with Gasteiger partial charge in [-0.15, -0.1) is 26.3 Å². The summed E-state index contributed by atoms with van der Waals surface area (Å²) in [6, 6.07) is -3.62. The van der Waals surface area contributed by atoms with Crippen LogP contribution in [0.5, 0.6) is 11.5 Å². The Bertz CT molecular complexity index is 2480. The number of hydrogen-bond donors (Lipinski definition) is 2. The Hall–Kier alpha value is -6.38. The van der Waals surface area contributed by atoms with Gasteiger partial charge in [-0.1, -0.05) is 0 Å². The Kier molecular flexibility index (Phi) is 12.4. The van der Waals surface area contributed by atoms with E-state index in [4.69, 9.17) is 11.5 Å². The summed E-state index contributed by atoms with van der Waals surface area (Å²) in [4.78, 5) is 0. The van der Waals surface area contributed by atoms with Crippen LogP contribution in [0.2, 0.25) is 0 Å². The molecule has 0 unspecified atom stereocenters. The number of nitrogens with two attached hydrogens (primary N) is 2. The lowest BCUT2D eigenvalue weighted by atomic mass is 9.85. The predicted octanol–water partition coefficient (Wildman–Crippen LogP) is 15.4. The number of nitrogen functional groups attached to an aromatic ring is 2. The molecule has 0 saturated heterocycles. The molecule has 0 fully saturated rings. The van der Waals surface area contributed by atoms with Gasteiger partial charge in [0, 0.05) is 28.6 Å². The van der Waals surface area contributed by atoms with Gasteiger partial charge in [0.25, 0.3) is 0 Å². The molecule has 5 aromatic carbocycles. The van der Waals surface area contributed by atoms with Crippen LogP contribution in [0, 0.1) is 0 Å². The van der Waals surface area contributed by atoms with Crippen molar-refractivity contribution >= 4 is 11.4 Å². The Morgan fingerprint density at radius 1 is 0.258 bits per heavy atom. The zero-order valence-corrected chi connectivity index (χ0v) is 31.0. The largest absolute Gasteiger partial charge is 0.573 e. The minimum Gasteiger partial charge on any atom is -0.405 e. The molecule has 4 N–H and O–H groups in total. The summed E-state index contributed by atoms with van der Waals surface area (Å²) in [7, 11) is 0. The molecule has 0 atom stereocenters. The third-order valence-electron chi connectivity index (χ3n) is 8.93. The predicted molar refractivity (Wildman–Crippen MR) is 180 cm³/mol. The van der Waals surface area contributed by atoms with Crippen molar-refractivity contribution < 1.29 is 115 Å². The Balaban J connectivity index is 2.13. The molecule has 0 aromatic heterocycles. The van der Waals surface area contributed by atoms with Crippen molar-refractivity contribution in [3.63, 3.8) is 0 Å². The summed E-state index contributed by atoms with van der Waals surface area (Å²) in [6.07, 6.45) is -49.0. The number of anilines is 2. The highest BCUT2D eigenvalue weighted by molar-refractivity contribution is 5.90. The lowest BCUT2D eigenvalue weighted by Crippen LogP contribution is -2.21. The SMILES string of the molecule is Nc1ccc(C(F)(F)F)c(-c2cc(-c3cc(-c4cc(-c5cc(N)ccc5C(F)(F)F)c(C(F)(F)F)cc4C(F)(F)F)c(OC(F)(F)F)cc3OC(F)(F)F)c(C(F)(F)F)cc2C(F)(F)F)c1. The highest BCUT2D eigenvalue weighted by Gasteiger charge is 2.47. The van der Waals surface area contributed by atoms with Gasteiger partial charge in [-0.25, -0.2) is 0 Å². The fraction of sp³-hybridized carbons (Fsp3) is 0.211. The van der Waals surface area contributed by atoms with E-state index >= 15 is 0 Å². The second-order valence-corrected chi connectivity index (χ2v) is 13.4. The number of halogens is 24. The molecule has 0 radical (unpaired) electrons. The van der Waals surface area contributed by atoms with Gasteiger partial charge >= 0.3 is 49.8 Å². The van der Waals surface area contributed by atoms with E-state index in [1.807, 2.05) is 0 Å². The van der Waals surface area contributed by atoms with Crippen molar-refractivity contribution in [2.45, 2.75) is 49.8 Å². The zero-order valence-electron chi connectivity index (χ0n) is 31.0. The molecule has 66 heavy (non-hydrogen) atoms. The van der Waals surface area contributed by atoms with E-state index in [-0.39, 0.29) is 24.3 Å². The monoisotopic (exact) mass is 988 g/mol. The van der Waals surface area contributed by atoms with E-state index in [1.165, 1.54) is 0 Å². The van der Waals surface area contributed by atoms with Gasteiger partial charge in [0.2, 0.25) is 0 Å². The minimum absolute atomic E-state index is 0.00680. The summed E-state index contributed by atoms with van der Waals surface area (Å²) in [5.41, 5.74) is -22.6. The van der Waals surface area contributed by atoms with E-state index in [0.717, 1.165) is 0 Å². The number of benzene rings is 5. The summed E-state index contributed by atoms with van der Waals surface area (Å²) in [6.45, 7) is 0. The van der Waals surface area contributed by atoms with Crippen molar-refractivity contribution in [3.05, 3.63) is 106 Å². The summed E-state index contributed by atoms with van der Waals surface area (Å²) >= 11 is 0. The van der Waals surface area contributed by atoms with Crippen molar-refractivity contribution in [1.29, 1.82) is 0 Å². The molecule has 28 heteroatoms. The maximum atomic E-state index is 14.8. The first kappa shape index (κ1) is 50.6. The van der Waals surface area contributed by atoms with Crippen molar-refractivity contribution in [1.82, 2.24) is 0 Å². The van der Waals surface area contributed by atoms with E-state index < -0.39 is 187 Å². The molecule has 0 saturated carbocycles. The molecule has 0 aliphatic rings. The number of alkyl halides is 24. The van der Waals surface area contributed by atoms with Crippen LogP contribution in [0.3, 0.4) is 0 Å². The van der Waals surface area contributed by atoms with Crippen molar-refractivity contribution in [3.8, 4) is 56.0 Å².